The number of nitrogens with two attached hydrogens (primary N) is 1. The zero-order valence-electron chi connectivity index (χ0n) is 8.63. The van der Waals surface area contributed by atoms with Crippen LogP contribution in [0.4, 0.5) is 4.39 Å². The molecule has 2 rings (SSSR count). The average Bonchev–Trinajstić information content (AvgIpc) is 2.16. The predicted octanol–water partition coefficient (Wildman–Crippen LogP) is 2.07. The lowest BCUT2D eigenvalue weighted by atomic mass is 9.88. The van der Waals surface area contributed by atoms with Gasteiger partial charge in [-0.05, 0) is 42.5 Å². The van der Waals surface area contributed by atoms with Gasteiger partial charge < -0.3 is 10.5 Å². The number of halogens is 2. The first-order valence-corrected chi connectivity index (χ1v) is 4.81. The number of hydrogen-bond acceptors (Lipinski definition) is 2. The Morgan fingerprint density at radius 2 is 2.13 bits per heavy atom. The summed E-state index contributed by atoms with van der Waals surface area (Å²) in [6.45, 7) is 0. The first kappa shape index (κ1) is 12.3. The van der Waals surface area contributed by atoms with Crippen molar-refractivity contribution in [2.75, 3.05) is 7.11 Å². The van der Waals surface area contributed by atoms with Gasteiger partial charge in [0.2, 0.25) is 0 Å². The van der Waals surface area contributed by atoms with Gasteiger partial charge in [-0.3, -0.25) is 0 Å². The molecule has 0 unspecified atom stereocenters. The van der Waals surface area contributed by atoms with Crippen molar-refractivity contribution in [3.63, 3.8) is 0 Å². The van der Waals surface area contributed by atoms with Crippen LogP contribution in [-0.4, -0.2) is 13.2 Å². The molecule has 1 aromatic carbocycles. The molecular formula is C11H15ClFNO. The second-order valence-corrected chi connectivity index (χ2v) is 3.76. The van der Waals surface area contributed by atoms with Crippen molar-refractivity contribution in [1.29, 1.82) is 0 Å². The molecule has 0 aliphatic heterocycles. The standard InChI is InChI=1S/C11H14FNO.ClH/c1-14-11-6-7-2-3-9(13)4-8(7)5-10(11)12;/h5-6,9H,2-4,13H2,1H3;1H/t9-;/m0./s1. The second kappa shape index (κ2) is 4.81. The molecular weight excluding hydrogens is 217 g/mol. The lowest BCUT2D eigenvalue weighted by Crippen LogP contribution is -2.27. The topological polar surface area (TPSA) is 35.2 Å². The Bertz CT molecular complexity index is 357. The van der Waals surface area contributed by atoms with E-state index in [-0.39, 0.29) is 24.3 Å². The van der Waals surface area contributed by atoms with E-state index in [0.717, 1.165) is 24.8 Å². The molecule has 0 saturated heterocycles. The third-order valence-corrected chi connectivity index (χ3v) is 2.74. The van der Waals surface area contributed by atoms with Gasteiger partial charge in [-0.2, -0.15) is 0 Å². The second-order valence-electron chi connectivity index (χ2n) is 3.76. The zero-order valence-corrected chi connectivity index (χ0v) is 9.44. The van der Waals surface area contributed by atoms with Gasteiger partial charge in [0.1, 0.15) is 0 Å². The van der Waals surface area contributed by atoms with Gasteiger partial charge in [0.25, 0.3) is 0 Å². The molecule has 1 aliphatic carbocycles. The zero-order chi connectivity index (χ0) is 10.1. The van der Waals surface area contributed by atoms with E-state index in [2.05, 4.69) is 0 Å². The van der Waals surface area contributed by atoms with Gasteiger partial charge >= 0.3 is 0 Å². The van der Waals surface area contributed by atoms with Crippen LogP contribution in [0, 0.1) is 5.82 Å². The van der Waals surface area contributed by atoms with Crippen LogP contribution in [0.15, 0.2) is 12.1 Å². The van der Waals surface area contributed by atoms with E-state index in [4.69, 9.17) is 10.5 Å². The van der Waals surface area contributed by atoms with Crippen molar-refractivity contribution in [2.45, 2.75) is 25.3 Å². The van der Waals surface area contributed by atoms with Gasteiger partial charge in [-0.25, -0.2) is 4.39 Å². The van der Waals surface area contributed by atoms with Crippen LogP contribution < -0.4 is 10.5 Å². The van der Waals surface area contributed by atoms with Crippen LogP contribution in [0.5, 0.6) is 5.75 Å². The monoisotopic (exact) mass is 231 g/mol. The van der Waals surface area contributed by atoms with Crippen molar-refractivity contribution in [1.82, 2.24) is 0 Å². The fraction of sp³-hybridized carbons (Fsp3) is 0.455. The molecule has 0 spiro atoms. The molecule has 0 amide bonds. The van der Waals surface area contributed by atoms with E-state index in [0.29, 0.717) is 5.75 Å². The summed E-state index contributed by atoms with van der Waals surface area (Å²) in [4.78, 5) is 0. The predicted molar refractivity (Wildman–Crippen MR) is 60.2 cm³/mol. The number of aryl methyl sites for hydroxylation is 1. The summed E-state index contributed by atoms with van der Waals surface area (Å²) in [6, 6.07) is 3.51. The summed E-state index contributed by atoms with van der Waals surface area (Å²) >= 11 is 0. The minimum Gasteiger partial charge on any atom is -0.494 e. The highest BCUT2D eigenvalue weighted by Gasteiger charge is 2.18. The summed E-state index contributed by atoms with van der Waals surface area (Å²) in [6.07, 6.45) is 2.67. The molecule has 0 saturated carbocycles. The van der Waals surface area contributed by atoms with Crippen molar-refractivity contribution in [2.24, 2.45) is 5.73 Å². The van der Waals surface area contributed by atoms with E-state index in [1.54, 1.807) is 12.1 Å². The lowest BCUT2D eigenvalue weighted by molar-refractivity contribution is 0.384. The third kappa shape index (κ3) is 2.41. The summed E-state index contributed by atoms with van der Waals surface area (Å²) in [7, 11) is 1.49. The molecule has 2 N–H and O–H groups in total. The van der Waals surface area contributed by atoms with Crippen LogP contribution in [0.2, 0.25) is 0 Å². The molecule has 0 aromatic heterocycles. The molecule has 0 fully saturated rings. The third-order valence-electron chi connectivity index (χ3n) is 2.74. The van der Waals surface area contributed by atoms with Crippen LogP contribution >= 0.6 is 12.4 Å². The van der Waals surface area contributed by atoms with Gasteiger partial charge in [-0.15, -0.1) is 12.4 Å². The Balaban J connectivity index is 0.00000112. The minimum absolute atomic E-state index is 0. The number of benzene rings is 1. The normalized spacial score (nSPS) is 19.0. The maximum Gasteiger partial charge on any atom is 0.165 e. The van der Waals surface area contributed by atoms with Crippen LogP contribution in [0.1, 0.15) is 17.5 Å². The highest BCUT2D eigenvalue weighted by molar-refractivity contribution is 5.85. The molecule has 4 heteroatoms. The van der Waals surface area contributed by atoms with Gasteiger partial charge in [0.15, 0.2) is 11.6 Å². The molecule has 0 bridgehead atoms. The van der Waals surface area contributed by atoms with Crippen molar-refractivity contribution in [3.8, 4) is 5.75 Å². The van der Waals surface area contributed by atoms with Crippen LogP contribution in [-0.2, 0) is 12.8 Å². The Morgan fingerprint density at radius 1 is 1.40 bits per heavy atom. The molecule has 1 aromatic rings. The lowest BCUT2D eigenvalue weighted by Gasteiger charge is -2.21. The molecule has 1 atom stereocenters. The van der Waals surface area contributed by atoms with E-state index >= 15 is 0 Å². The first-order chi connectivity index (χ1) is 6.70. The number of rotatable bonds is 1. The Kier molecular flexibility index (Phi) is 3.94. The maximum absolute atomic E-state index is 13.3. The molecule has 84 valence electrons. The summed E-state index contributed by atoms with van der Waals surface area (Å²) in [5, 5.41) is 0. The van der Waals surface area contributed by atoms with E-state index in [1.807, 2.05) is 0 Å². The highest BCUT2D eigenvalue weighted by atomic mass is 35.5. The number of fused-ring (bicyclic) bond motifs is 1. The van der Waals surface area contributed by atoms with E-state index in [1.165, 1.54) is 12.7 Å². The van der Waals surface area contributed by atoms with Gasteiger partial charge in [0.05, 0.1) is 7.11 Å². The fourth-order valence-electron chi connectivity index (χ4n) is 1.94. The van der Waals surface area contributed by atoms with Gasteiger partial charge in [0, 0.05) is 6.04 Å². The fourth-order valence-corrected chi connectivity index (χ4v) is 1.94. The number of ether oxygens (including phenoxy) is 1. The molecule has 15 heavy (non-hydrogen) atoms. The Hall–Kier alpha value is -0.800. The number of hydrogen-bond donors (Lipinski definition) is 1. The smallest absolute Gasteiger partial charge is 0.165 e. The minimum atomic E-state index is -0.291. The quantitative estimate of drug-likeness (QED) is 0.803. The van der Waals surface area contributed by atoms with Crippen LogP contribution in [0.25, 0.3) is 0 Å². The van der Waals surface area contributed by atoms with E-state index < -0.39 is 0 Å². The largest absolute Gasteiger partial charge is 0.494 e. The van der Waals surface area contributed by atoms with Crippen molar-refractivity contribution >= 4 is 12.4 Å². The SMILES string of the molecule is COc1cc2c(cc1F)C[C@@H](N)CC2.Cl. The maximum atomic E-state index is 13.3. The highest BCUT2D eigenvalue weighted by Crippen LogP contribution is 2.27. The summed E-state index contributed by atoms with van der Waals surface area (Å²) in [5.41, 5.74) is 8.02. The molecule has 1 aliphatic rings. The molecule has 2 nitrogen and oxygen atoms in total. The summed E-state index contributed by atoms with van der Waals surface area (Å²) < 4.78 is 18.3. The average molecular weight is 232 g/mol. The first-order valence-electron chi connectivity index (χ1n) is 4.81. The van der Waals surface area contributed by atoms with Crippen molar-refractivity contribution < 1.29 is 9.13 Å². The van der Waals surface area contributed by atoms with Gasteiger partial charge in [-0.1, -0.05) is 0 Å². The van der Waals surface area contributed by atoms with Crippen molar-refractivity contribution in [3.05, 3.63) is 29.1 Å². The molecule has 0 radical (unpaired) electrons. The summed E-state index contributed by atoms with van der Waals surface area (Å²) in [5.74, 6) is 0.0413. The van der Waals surface area contributed by atoms with Crippen LogP contribution in [0.3, 0.4) is 0 Å². The number of methoxy groups -OCH3 is 1. The Morgan fingerprint density at radius 3 is 2.80 bits per heavy atom. The van der Waals surface area contributed by atoms with E-state index in [9.17, 15) is 4.39 Å². The molecule has 0 heterocycles. The Labute approximate surface area is 95.0 Å².